The summed E-state index contributed by atoms with van der Waals surface area (Å²) in [7, 11) is 0. The number of aromatic nitrogens is 2. The van der Waals surface area contributed by atoms with Gasteiger partial charge in [-0.1, -0.05) is 31.0 Å². The molecule has 2 aromatic rings. The topological polar surface area (TPSA) is 96.3 Å². The van der Waals surface area contributed by atoms with Crippen LogP contribution in [0.2, 0.25) is 0 Å². The van der Waals surface area contributed by atoms with E-state index in [9.17, 15) is 18.8 Å². The van der Waals surface area contributed by atoms with Gasteiger partial charge in [-0.15, -0.1) is 0 Å². The lowest BCUT2D eigenvalue weighted by Crippen LogP contribution is -2.64. The molecule has 0 radical (unpaired) electrons. The quantitative estimate of drug-likeness (QED) is 0.719. The highest BCUT2D eigenvalue weighted by Gasteiger charge is 2.48. The Bertz CT molecular complexity index is 1050. The van der Waals surface area contributed by atoms with Crippen LogP contribution in [0.1, 0.15) is 66.1 Å². The van der Waals surface area contributed by atoms with Gasteiger partial charge in [0, 0.05) is 30.8 Å². The average molecular weight is 442 g/mol. The maximum absolute atomic E-state index is 13.8. The molecule has 1 aliphatic carbocycles. The Balaban J connectivity index is 1.53. The second-order valence-corrected chi connectivity index (χ2v) is 8.62. The zero-order valence-electron chi connectivity index (χ0n) is 18.4. The summed E-state index contributed by atoms with van der Waals surface area (Å²) in [6.45, 7) is 4.08. The van der Waals surface area contributed by atoms with Crippen molar-refractivity contribution in [3.05, 3.63) is 53.1 Å². The van der Waals surface area contributed by atoms with E-state index < -0.39 is 17.3 Å². The largest absolute Gasteiger partial charge is 0.351 e. The third kappa shape index (κ3) is 3.99. The van der Waals surface area contributed by atoms with Crippen molar-refractivity contribution < 1.29 is 18.8 Å². The molecule has 1 fully saturated rings. The van der Waals surface area contributed by atoms with E-state index in [2.05, 4.69) is 15.7 Å². The summed E-state index contributed by atoms with van der Waals surface area (Å²) in [5.41, 5.74) is -0.432. The summed E-state index contributed by atoms with van der Waals surface area (Å²) < 4.78 is 15.2. The summed E-state index contributed by atoms with van der Waals surface area (Å²) in [5.74, 6) is -1.47. The number of benzene rings is 1. The molecule has 32 heavy (non-hydrogen) atoms. The highest BCUT2D eigenvalue weighted by atomic mass is 19.1. The standard InChI is InChI=1S/C23H28FN5O3/c1-3-28-21(31)19-12-18(20(30)25-13-15-8-4-7-11-17(15)24)27-29(19)14-23(28,2)22(32)26-16-9-5-6-10-16/h4,7-8,11-12,16H,3,5-6,9-10,13-14H2,1-2H3,(H,25,30)(H,26,32). The van der Waals surface area contributed by atoms with E-state index in [4.69, 9.17) is 0 Å². The molecule has 0 bridgehead atoms. The molecular weight excluding hydrogens is 413 g/mol. The Kier molecular flexibility index (Phi) is 5.99. The van der Waals surface area contributed by atoms with Crippen molar-refractivity contribution >= 4 is 17.7 Å². The van der Waals surface area contributed by atoms with Gasteiger partial charge in [0.2, 0.25) is 5.91 Å². The van der Waals surface area contributed by atoms with E-state index in [1.165, 1.54) is 21.7 Å². The normalized spacial score (nSPS) is 20.8. The molecule has 8 nitrogen and oxygen atoms in total. The van der Waals surface area contributed by atoms with E-state index in [1.54, 1.807) is 25.1 Å². The molecule has 1 unspecified atom stereocenters. The predicted octanol–water partition coefficient (Wildman–Crippen LogP) is 2.25. The Morgan fingerprint density at radius 3 is 2.66 bits per heavy atom. The lowest BCUT2D eigenvalue weighted by Gasteiger charge is -2.43. The molecule has 2 heterocycles. The van der Waals surface area contributed by atoms with Gasteiger partial charge in [0.05, 0.1) is 6.54 Å². The van der Waals surface area contributed by atoms with Crippen LogP contribution < -0.4 is 10.6 Å². The number of likely N-dealkylation sites (N-methyl/N-ethyl adjacent to an activating group) is 1. The third-order valence-electron chi connectivity index (χ3n) is 6.42. The fourth-order valence-electron chi connectivity index (χ4n) is 4.57. The van der Waals surface area contributed by atoms with Crippen LogP contribution in [0, 0.1) is 5.82 Å². The number of amides is 3. The lowest BCUT2D eigenvalue weighted by atomic mass is 9.94. The Morgan fingerprint density at radius 1 is 1.25 bits per heavy atom. The van der Waals surface area contributed by atoms with Gasteiger partial charge >= 0.3 is 0 Å². The van der Waals surface area contributed by atoms with Crippen LogP contribution in [0.5, 0.6) is 0 Å². The Morgan fingerprint density at radius 2 is 1.97 bits per heavy atom. The molecule has 2 aliphatic rings. The Hall–Kier alpha value is -3.23. The van der Waals surface area contributed by atoms with Crippen molar-refractivity contribution in [1.82, 2.24) is 25.3 Å². The van der Waals surface area contributed by atoms with Gasteiger partial charge in [0.15, 0.2) is 5.69 Å². The zero-order valence-corrected chi connectivity index (χ0v) is 18.4. The van der Waals surface area contributed by atoms with Gasteiger partial charge in [0.1, 0.15) is 17.1 Å². The van der Waals surface area contributed by atoms with Crippen molar-refractivity contribution in [2.75, 3.05) is 6.54 Å². The minimum absolute atomic E-state index is 0.00421. The fourth-order valence-corrected chi connectivity index (χ4v) is 4.57. The van der Waals surface area contributed by atoms with Crippen LogP contribution in [-0.2, 0) is 17.9 Å². The number of fused-ring (bicyclic) bond motifs is 1. The van der Waals surface area contributed by atoms with Crippen molar-refractivity contribution in [3.63, 3.8) is 0 Å². The molecule has 1 aliphatic heterocycles. The van der Waals surface area contributed by atoms with E-state index in [0.29, 0.717) is 12.1 Å². The molecule has 4 rings (SSSR count). The maximum Gasteiger partial charge on any atom is 0.273 e. The van der Waals surface area contributed by atoms with Crippen molar-refractivity contribution in [1.29, 1.82) is 0 Å². The van der Waals surface area contributed by atoms with E-state index in [0.717, 1.165) is 25.7 Å². The Labute approximate surface area is 186 Å². The summed E-state index contributed by atoms with van der Waals surface area (Å²) in [6, 6.07) is 7.74. The second kappa shape index (κ2) is 8.72. The second-order valence-electron chi connectivity index (χ2n) is 8.62. The molecule has 170 valence electrons. The summed E-state index contributed by atoms with van der Waals surface area (Å²) in [5, 5.41) is 10.0. The number of carbonyl (C=O) groups excluding carboxylic acids is 3. The van der Waals surface area contributed by atoms with Gasteiger partial charge in [0.25, 0.3) is 11.8 Å². The molecule has 0 saturated heterocycles. The van der Waals surface area contributed by atoms with Crippen LogP contribution in [-0.4, -0.2) is 50.5 Å². The molecule has 0 spiro atoms. The summed E-state index contributed by atoms with van der Waals surface area (Å²) in [4.78, 5) is 40.5. The monoisotopic (exact) mass is 441 g/mol. The first-order chi connectivity index (χ1) is 15.3. The van der Waals surface area contributed by atoms with Crippen LogP contribution in [0.4, 0.5) is 4.39 Å². The smallest absolute Gasteiger partial charge is 0.273 e. The van der Waals surface area contributed by atoms with Crippen molar-refractivity contribution in [2.45, 2.75) is 64.2 Å². The van der Waals surface area contributed by atoms with Gasteiger partial charge in [-0.25, -0.2) is 4.39 Å². The predicted molar refractivity (Wildman–Crippen MR) is 115 cm³/mol. The number of hydrogen-bond acceptors (Lipinski definition) is 4. The van der Waals surface area contributed by atoms with E-state index in [1.807, 2.05) is 6.92 Å². The van der Waals surface area contributed by atoms with E-state index in [-0.39, 0.29) is 42.3 Å². The molecule has 1 aromatic heterocycles. The van der Waals surface area contributed by atoms with Crippen LogP contribution >= 0.6 is 0 Å². The molecule has 1 atom stereocenters. The first kappa shape index (κ1) is 22.0. The van der Waals surface area contributed by atoms with Crippen LogP contribution in [0.25, 0.3) is 0 Å². The number of hydrogen-bond donors (Lipinski definition) is 2. The molecular formula is C23H28FN5O3. The highest BCUT2D eigenvalue weighted by Crippen LogP contribution is 2.28. The molecule has 1 aromatic carbocycles. The van der Waals surface area contributed by atoms with Gasteiger partial charge in [-0.2, -0.15) is 5.10 Å². The van der Waals surface area contributed by atoms with Gasteiger partial charge in [-0.3, -0.25) is 19.1 Å². The average Bonchev–Trinajstić information content (AvgIpc) is 3.43. The molecule has 2 N–H and O–H groups in total. The minimum Gasteiger partial charge on any atom is -0.351 e. The third-order valence-corrected chi connectivity index (χ3v) is 6.42. The number of rotatable bonds is 6. The maximum atomic E-state index is 13.8. The fraction of sp³-hybridized carbons (Fsp3) is 0.478. The number of nitrogens with zero attached hydrogens (tertiary/aromatic N) is 3. The van der Waals surface area contributed by atoms with Crippen molar-refractivity contribution in [2.24, 2.45) is 0 Å². The van der Waals surface area contributed by atoms with Gasteiger partial charge < -0.3 is 15.5 Å². The van der Waals surface area contributed by atoms with Crippen LogP contribution in [0.3, 0.4) is 0 Å². The summed E-state index contributed by atoms with van der Waals surface area (Å²) in [6.07, 6.45) is 4.07. The number of halogens is 1. The highest BCUT2D eigenvalue weighted by molar-refractivity contribution is 6.01. The molecule has 9 heteroatoms. The summed E-state index contributed by atoms with van der Waals surface area (Å²) >= 11 is 0. The lowest BCUT2D eigenvalue weighted by molar-refractivity contribution is -0.133. The molecule has 3 amide bonds. The van der Waals surface area contributed by atoms with E-state index >= 15 is 0 Å². The molecule has 1 saturated carbocycles. The zero-order chi connectivity index (χ0) is 22.9. The number of nitrogens with one attached hydrogen (secondary N) is 2. The number of carbonyl (C=O) groups is 3. The first-order valence-electron chi connectivity index (χ1n) is 11.1. The van der Waals surface area contributed by atoms with Gasteiger partial charge in [-0.05, 0) is 32.8 Å². The first-order valence-corrected chi connectivity index (χ1v) is 11.1. The minimum atomic E-state index is -1.10. The van der Waals surface area contributed by atoms with Crippen molar-refractivity contribution in [3.8, 4) is 0 Å². The SMILES string of the molecule is CCN1C(=O)c2cc(C(=O)NCc3ccccc3F)nn2CC1(C)C(=O)NC1CCCC1. The van der Waals surface area contributed by atoms with Crippen LogP contribution in [0.15, 0.2) is 30.3 Å².